The van der Waals surface area contributed by atoms with E-state index in [1.165, 1.54) is 16.7 Å². The maximum absolute atomic E-state index is 12.7. The van der Waals surface area contributed by atoms with Crippen LogP contribution in [0.2, 0.25) is 0 Å². The molecule has 3 heterocycles. The van der Waals surface area contributed by atoms with Crippen molar-refractivity contribution in [1.29, 1.82) is 0 Å². The first-order valence-electron chi connectivity index (χ1n) is 7.95. The van der Waals surface area contributed by atoms with Crippen LogP contribution in [0.15, 0.2) is 16.4 Å². The van der Waals surface area contributed by atoms with Crippen molar-refractivity contribution in [3.63, 3.8) is 0 Å². The standard InChI is InChI=1S/C14H15IN6O5S2/c1-2-26-19-6(9-18-14(16)28-20-9)10(22)17-7-11(23)21-8(13(24)25)5(3-15)4-27-12(7)21/h7,12H,2-4H2,1H3,(H,17,22)(H,24,25)(H2,16,18,20)/b19-6-/t7-,12-/m1/s1. The van der Waals surface area contributed by atoms with Gasteiger partial charge >= 0.3 is 5.97 Å². The minimum atomic E-state index is -1.16. The lowest BCUT2D eigenvalue weighted by atomic mass is 10.0. The van der Waals surface area contributed by atoms with Crippen molar-refractivity contribution < 1.29 is 24.3 Å². The van der Waals surface area contributed by atoms with Gasteiger partial charge in [0.2, 0.25) is 11.5 Å². The van der Waals surface area contributed by atoms with E-state index in [4.69, 9.17) is 10.6 Å². The molecule has 11 nitrogen and oxygen atoms in total. The minimum Gasteiger partial charge on any atom is -0.477 e. The summed E-state index contributed by atoms with van der Waals surface area (Å²) in [4.78, 5) is 46.9. The van der Waals surface area contributed by atoms with E-state index in [9.17, 15) is 19.5 Å². The van der Waals surface area contributed by atoms with Crippen molar-refractivity contribution >= 4 is 74.5 Å². The molecule has 2 aliphatic rings. The summed E-state index contributed by atoms with van der Waals surface area (Å²) in [6, 6.07) is -0.884. The van der Waals surface area contributed by atoms with Crippen LogP contribution in [0.5, 0.6) is 0 Å². The number of halogens is 1. The molecular formula is C14H15IN6O5S2. The number of fused-ring (bicyclic) bond motifs is 1. The molecule has 2 amide bonds. The number of carboxylic acid groups (broad SMARTS) is 1. The van der Waals surface area contributed by atoms with Crippen LogP contribution in [0, 0.1) is 0 Å². The smallest absolute Gasteiger partial charge is 0.352 e. The van der Waals surface area contributed by atoms with Crippen LogP contribution in [-0.4, -0.2) is 71.1 Å². The monoisotopic (exact) mass is 538 g/mol. The molecule has 4 N–H and O–H groups in total. The number of nitrogens with zero attached hydrogens (tertiary/aromatic N) is 4. The summed E-state index contributed by atoms with van der Waals surface area (Å²) in [5.74, 6) is -1.89. The Morgan fingerprint density at radius 2 is 2.29 bits per heavy atom. The number of hydrogen-bond donors (Lipinski definition) is 3. The zero-order valence-corrected chi connectivity index (χ0v) is 18.2. The van der Waals surface area contributed by atoms with Crippen molar-refractivity contribution in [2.75, 3.05) is 22.5 Å². The number of carbonyl (C=O) groups is 3. The highest BCUT2D eigenvalue weighted by Gasteiger charge is 2.54. The fourth-order valence-corrected chi connectivity index (χ4v) is 5.42. The maximum atomic E-state index is 12.7. The number of aromatic nitrogens is 2. The van der Waals surface area contributed by atoms with E-state index in [0.29, 0.717) is 15.8 Å². The van der Waals surface area contributed by atoms with Gasteiger partial charge in [0, 0.05) is 21.7 Å². The van der Waals surface area contributed by atoms with Gasteiger partial charge in [-0.15, -0.1) is 11.8 Å². The molecule has 1 aromatic heterocycles. The van der Waals surface area contributed by atoms with Crippen molar-refractivity contribution in [2.24, 2.45) is 5.16 Å². The second-order valence-electron chi connectivity index (χ2n) is 5.57. The molecule has 150 valence electrons. The average molecular weight is 538 g/mol. The fourth-order valence-electron chi connectivity index (χ4n) is 2.64. The van der Waals surface area contributed by atoms with Gasteiger partial charge in [-0.3, -0.25) is 14.5 Å². The number of anilines is 1. The number of carbonyl (C=O) groups excluding carboxylic acids is 2. The summed E-state index contributed by atoms with van der Waals surface area (Å²) in [5.41, 5.74) is 6.02. The Morgan fingerprint density at radius 1 is 1.54 bits per heavy atom. The summed E-state index contributed by atoms with van der Waals surface area (Å²) < 4.78 is 4.45. The first-order valence-corrected chi connectivity index (χ1v) is 11.3. The highest BCUT2D eigenvalue weighted by molar-refractivity contribution is 14.1. The largest absolute Gasteiger partial charge is 0.477 e. The predicted molar refractivity (Wildman–Crippen MR) is 111 cm³/mol. The van der Waals surface area contributed by atoms with Crippen molar-refractivity contribution in [2.45, 2.75) is 18.3 Å². The predicted octanol–water partition coefficient (Wildman–Crippen LogP) is 0.0345. The van der Waals surface area contributed by atoms with E-state index < -0.39 is 29.2 Å². The second kappa shape index (κ2) is 8.60. The third-order valence-corrected chi connectivity index (χ3v) is 6.65. The quantitative estimate of drug-likeness (QED) is 0.143. The number of nitrogens with one attached hydrogen (secondary N) is 1. The van der Waals surface area contributed by atoms with E-state index >= 15 is 0 Å². The molecule has 0 aliphatic carbocycles. The molecule has 1 aromatic rings. The molecule has 2 aliphatic heterocycles. The molecule has 0 bridgehead atoms. The number of thioether (sulfide) groups is 1. The number of nitrogen functional groups attached to an aromatic ring is 1. The van der Waals surface area contributed by atoms with Gasteiger partial charge < -0.3 is 21.0 Å². The van der Waals surface area contributed by atoms with Crippen LogP contribution >= 0.6 is 45.9 Å². The van der Waals surface area contributed by atoms with Gasteiger partial charge in [-0.2, -0.15) is 9.36 Å². The lowest BCUT2D eigenvalue weighted by Gasteiger charge is -2.49. The molecule has 0 spiro atoms. The zero-order chi connectivity index (χ0) is 20.4. The van der Waals surface area contributed by atoms with E-state index in [1.807, 2.05) is 0 Å². The van der Waals surface area contributed by atoms with Gasteiger partial charge in [0.1, 0.15) is 23.7 Å². The third-order valence-electron chi connectivity index (χ3n) is 3.85. The fraction of sp³-hybridized carbons (Fsp3) is 0.429. The molecule has 0 aromatic carbocycles. The minimum absolute atomic E-state index is 0.00769. The number of amides is 2. The molecule has 2 atom stereocenters. The van der Waals surface area contributed by atoms with Gasteiger partial charge in [0.25, 0.3) is 11.8 Å². The van der Waals surface area contributed by atoms with E-state index in [0.717, 1.165) is 11.5 Å². The van der Waals surface area contributed by atoms with Gasteiger partial charge in [-0.25, -0.2) is 4.79 Å². The molecule has 0 saturated carbocycles. The summed E-state index contributed by atoms with van der Waals surface area (Å²) in [5, 5.41) is 15.4. The van der Waals surface area contributed by atoms with Crippen molar-refractivity contribution in [1.82, 2.24) is 19.6 Å². The van der Waals surface area contributed by atoms with Crippen LogP contribution in [0.4, 0.5) is 5.13 Å². The number of carboxylic acids is 1. The SMILES string of the molecule is CCO/N=C(\C(=O)N[C@@H]1C(=O)N2C(C(=O)O)=C(CI)CS[C@H]12)c1nsc(N)n1. The molecule has 1 saturated heterocycles. The van der Waals surface area contributed by atoms with Crippen molar-refractivity contribution in [3.8, 4) is 0 Å². The maximum Gasteiger partial charge on any atom is 0.352 e. The molecule has 0 radical (unpaired) electrons. The molecule has 28 heavy (non-hydrogen) atoms. The topological polar surface area (TPSA) is 160 Å². The Morgan fingerprint density at radius 3 is 2.86 bits per heavy atom. The highest BCUT2D eigenvalue weighted by Crippen LogP contribution is 2.40. The lowest BCUT2D eigenvalue weighted by molar-refractivity contribution is -0.150. The van der Waals surface area contributed by atoms with Crippen LogP contribution in [0.1, 0.15) is 12.7 Å². The normalized spacial score (nSPS) is 21.9. The van der Waals surface area contributed by atoms with Crippen molar-refractivity contribution in [3.05, 3.63) is 17.1 Å². The Balaban J connectivity index is 1.79. The summed E-state index contributed by atoms with van der Waals surface area (Å²) in [7, 11) is 0. The number of oxime groups is 1. The van der Waals surface area contributed by atoms with Crippen LogP contribution in [0.25, 0.3) is 0 Å². The van der Waals surface area contributed by atoms with Crippen LogP contribution in [0.3, 0.4) is 0 Å². The molecular weight excluding hydrogens is 523 g/mol. The average Bonchev–Trinajstić information content (AvgIpc) is 3.10. The zero-order valence-electron chi connectivity index (χ0n) is 14.4. The number of hydrogen-bond acceptors (Lipinski definition) is 10. The molecule has 3 rings (SSSR count). The Hall–Kier alpha value is -1.94. The Bertz CT molecular complexity index is 887. The molecule has 14 heteroatoms. The molecule has 0 unspecified atom stereocenters. The first-order chi connectivity index (χ1) is 13.4. The Labute approximate surface area is 181 Å². The second-order valence-corrected chi connectivity index (χ2v) is 8.22. The summed E-state index contributed by atoms with van der Waals surface area (Å²) in [6.07, 6.45) is 0. The number of nitrogens with two attached hydrogens (primary N) is 1. The summed E-state index contributed by atoms with van der Waals surface area (Å²) in [6.45, 7) is 1.91. The van der Waals surface area contributed by atoms with Gasteiger partial charge in [-0.1, -0.05) is 27.7 Å². The third kappa shape index (κ3) is 3.80. The Kier molecular flexibility index (Phi) is 6.39. The lowest BCUT2D eigenvalue weighted by Crippen LogP contribution is -2.71. The number of aliphatic carboxylic acids is 1. The number of alkyl halides is 1. The van der Waals surface area contributed by atoms with Crippen LogP contribution < -0.4 is 11.1 Å². The summed E-state index contributed by atoms with van der Waals surface area (Å²) >= 11 is 4.35. The van der Waals surface area contributed by atoms with Gasteiger partial charge in [-0.05, 0) is 12.5 Å². The van der Waals surface area contributed by atoms with E-state index in [2.05, 4.69) is 42.4 Å². The van der Waals surface area contributed by atoms with E-state index in [-0.39, 0.29) is 29.0 Å². The van der Waals surface area contributed by atoms with Crippen LogP contribution in [-0.2, 0) is 19.2 Å². The van der Waals surface area contributed by atoms with E-state index in [1.54, 1.807) is 6.92 Å². The van der Waals surface area contributed by atoms with Gasteiger partial charge in [0.05, 0.1) is 0 Å². The molecule has 1 fully saturated rings. The number of rotatable bonds is 7. The first kappa shape index (κ1) is 20.8. The number of β-lactam (4-membered cyclic amide) rings is 1. The highest BCUT2D eigenvalue weighted by atomic mass is 127. The van der Waals surface area contributed by atoms with Gasteiger partial charge in [0.15, 0.2) is 5.13 Å².